The van der Waals surface area contributed by atoms with Crippen LogP contribution in [0.2, 0.25) is 0 Å². The van der Waals surface area contributed by atoms with Gasteiger partial charge in [0.25, 0.3) is 0 Å². The van der Waals surface area contributed by atoms with Crippen LogP contribution in [0.1, 0.15) is 36.8 Å². The summed E-state index contributed by atoms with van der Waals surface area (Å²) < 4.78 is 0. The molecule has 16 heteroatoms. The van der Waals surface area contributed by atoms with Crippen molar-refractivity contribution in [2.75, 3.05) is 6.54 Å². The minimum absolute atomic E-state index is 0.00650. The number of aromatic nitrogens is 2. The van der Waals surface area contributed by atoms with Gasteiger partial charge in [0.15, 0.2) is 5.96 Å². The standard InChI is InChI=1S/C33H41N9O7/c34-22(14-18-16-38-23-8-3-1-6-20(18)23)29(45)40-26(11-12-28(43)44)31(47)41-25(10-5-13-37-33(35)36)30(46)42-27(32(48)49)15-19-17-39-24-9-4-2-7-21(19)24/h1-4,6-9,16-17,22,25-27,38-39H,5,10-15,34H2,(H,40,45)(H,41,47)(H,42,46)(H,43,44)(H,48,49)(H4,35,36,37). The highest BCUT2D eigenvalue weighted by molar-refractivity contribution is 5.95. The number of hydrogen-bond donors (Lipinski definition) is 10. The number of para-hydroxylation sites is 2. The summed E-state index contributed by atoms with van der Waals surface area (Å²) in [6.07, 6.45) is 2.93. The number of nitrogens with zero attached hydrogens (tertiary/aromatic N) is 1. The predicted molar refractivity (Wildman–Crippen MR) is 182 cm³/mol. The number of H-pyrrole nitrogens is 2. The maximum Gasteiger partial charge on any atom is 0.326 e. The fraction of sp³-hybridized carbons (Fsp3) is 0.333. The van der Waals surface area contributed by atoms with E-state index in [-0.39, 0.29) is 44.6 Å². The lowest BCUT2D eigenvalue weighted by molar-refractivity contribution is -0.142. The molecule has 2 heterocycles. The number of hydrogen-bond acceptors (Lipinski definition) is 7. The van der Waals surface area contributed by atoms with Gasteiger partial charge >= 0.3 is 11.9 Å². The van der Waals surface area contributed by atoms with Crippen molar-refractivity contribution >= 4 is 57.4 Å². The lowest BCUT2D eigenvalue weighted by atomic mass is 10.0. The van der Waals surface area contributed by atoms with Crippen LogP contribution in [0.3, 0.4) is 0 Å². The number of aliphatic carboxylic acids is 2. The van der Waals surface area contributed by atoms with Gasteiger partial charge in [-0.15, -0.1) is 0 Å². The number of benzene rings is 2. The summed E-state index contributed by atoms with van der Waals surface area (Å²) in [4.78, 5) is 74.0. The first-order chi connectivity index (χ1) is 23.4. The molecule has 2 aromatic heterocycles. The average Bonchev–Trinajstić information content (AvgIpc) is 3.67. The summed E-state index contributed by atoms with van der Waals surface area (Å²) in [6.45, 7) is 0.113. The Morgan fingerprint density at radius 1 is 0.714 bits per heavy atom. The molecule has 4 aromatic rings. The molecule has 4 atom stereocenters. The maximum atomic E-state index is 13.6. The topological polar surface area (TPSA) is 284 Å². The van der Waals surface area contributed by atoms with E-state index >= 15 is 0 Å². The molecule has 0 aliphatic carbocycles. The van der Waals surface area contributed by atoms with Crippen molar-refractivity contribution in [1.29, 1.82) is 0 Å². The van der Waals surface area contributed by atoms with Gasteiger partial charge < -0.3 is 53.3 Å². The first kappa shape index (κ1) is 35.9. The zero-order chi connectivity index (χ0) is 35.5. The van der Waals surface area contributed by atoms with Crippen LogP contribution in [0.4, 0.5) is 0 Å². The monoisotopic (exact) mass is 675 g/mol. The summed E-state index contributed by atoms with van der Waals surface area (Å²) in [5, 5.41) is 28.6. The minimum atomic E-state index is -1.37. The van der Waals surface area contributed by atoms with Gasteiger partial charge in [-0.05, 0) is 48.9 Å². The lowest BCUT2D eigenvalue weighted by Crippen LogP contribution is -2.57. The van der Waals surface area contributed by atoms with Gasteiger partial charge in [0.2, 0.25) is 17.7 Å². The molecule has 16 nitrogen and oxygen atoms in total. The van der Waals surface area contributed by atoms with Crippen LogP contribution in [0.5, 0.6) is 0 Å². The molecule has 0 aliphatic rings. The van der Waals surface area contributed by atoms with Crippen LogP contribution in [0, 0.1) is 0 Å². The summed E-state index contributed by atoms with van der Waals surface area (Å²) in [5.41, 5.74) is 20.1. The largest absolute Gasteiger partial charge is 0.481 e. The lowest BCUT2D eigenvalue weighted by Gasteiger charge is -2.25. The second kappa shape index (κ2) is 16.8. The normalized spacial score (nSPS) is 13.6. The van der Waals surface area contributed by atoms with E-state index < -0.39 is 60.2 Å². The number of rotatable bonds is 18. The quantitative estimate of drug-likeness (QED) is 0.0389. The van der Waals surface area contributed by atoms with E-state index in [4.69, 9.17) is 17.2 Å². The van der Waals surface area contributed by atoms with Crippen molar-refractivity contribution in [3.05, 3.63) is 72.1 Å². The van der Waals surface area contributed by atoms with E-state index in [1.807, 2.05) is 48.5 Å². The van der Waals surface area contributed by atoms with Gasteiger partial charge in [0.05, 0.1) is 6.04 Å². The van der Waals surface area contributed by atoms with Gasteiger partial charge in [0.1, 0.15) is 18.1 Å². The van der Waals surface area contributed by atoms with E-state index in [0.29, 0.717) is 5.56 Å². The molecule has 0 bridgehead atoms. The number of aromatic amines is 2. The van der Waals surface area contributed by atoms with Crippen molar-refractivity contribution in [3.63, 3.8) is 0 Å². The van der Waals surface area contributed by atoms with Crippen molar-refractivity contribution in [2.45, 2.75) is 62.7 Å². The highest BCUT2D eigenvalue weighted by atomic mass is 16.4. The third-order valence-electron chi connectivity index (χ3n) is 8.02. The van der Waals surface area contributed by atoms with Crippen LogP contribution in [-0.2, 0) is 36.8 Å². The van der Waals surface area contributed by atoms with Crippen LogP contribution < -0.4 is 33.2 Å². The van der Waals surface area contributed by atoms with Crippen molar-refractivity contribution in [1.82, 2.24) is 25.9 Å². The number of carbonyl (C=O) groups is 5. The Bertz CT molecular complexity index is 1830. The molecule has 2 aromatic carbocycles. The van der Waals surface area contributed by atoms with Crippen molar-refractivity contribution in [3.8, 4) is 0 Å². The molecule has 4 unspecified atom stereocenters. The fourth-order valence-corrected chi connectivity index (χ4v) is 5.48. The molecule has 3 amide bonds. The number of aliphatic imine (C=N–C) groups is 1. The Morgan fingerprint density at radius 2 is 1.22 bits per heavy atom. The second-order valence-electron chi connectivity index (χ2n) is 11.6. The molecule has 4 rings (SSSR count). The number of carboxylic acids is 2. The fourth-order valence-electron chi connectivity index (χ4n) is 5.48. The number of carboxylic acid groups (broad SMARTS) is 2. The van der Waals surface area contributed by atoms with E-state index in [1.165, 1.54) is 0 Å². The number of nitrogens with one attached hydrogen (secondary N) is 5. The minimum Gasteiger partial charge on any atom is -0.481 e. The maximum absolute atomic E-state index is 13.6. The molecular weight excluding hydrogens is 634 g/mol. The van der Waals surface area contributed by atoms with Crippen LogP contribution in [0.25, 0.3) is 21.8 Å². The summed E-state index contributed by atoms with van der Waals surface area (Å²) in [5.74, 6) is -5.02. The van der Waals surface area contributed by atoms with Crippen molar-refractivity contribution < 1.29 is 34.2 Å². The molecule has 0 saturated heterocycles. The van der Waals surface area contributed by atoms with E-state index in [0.717, 1.165) is 27.4 Å². The zero-order valence-corrected chi connectivity index (χ0v) is 26.6. The number of amides is 3. The van der Waals surface area contributed by atoms with Gasteiger partial charge in [0, 0.05) is 53.6 Å². The average molecular weight is 676 g/mol. The summed E-state index contributed by atoms with van der Waals surface area (Å²) in [6, 6.07) is 9.68. The first-order valence-corrected chi connectivity index (χ1v) is 15.7. The Balaban J connectivity index is 1.48. The number of carbonyl (C=O) groups excluding carboxylic acids is 3. The highest BCUT2D eigenvalue weighted by Crippen LogP contribution is 2.20. The Morgan fingerprint density at radius 3 is 1.78 bits per heavy atom. The zero-order valence-electron chi connectivity index (χ0n) is 26.6. The Labute approximate surface area is 280 Å². The van der Waals surface area contributed by atoms with Crippen LogP contribution in [0.15, 0.2) is 65.9 Å². The SMILES string of the molecule is NC(N)=NCCCC(NC(=O)C(CCC(=O)O)NC(=O)C(N)Cc1c[nH]c2ccccc12)C(=O)NC(Cc1c[nH]c2ccccc12)C(=O)O. The van der Waals surface area contributed by atoms with E-state index in [9.17, 15) is 34.2 Å². The van der Waals surface area contributed by atoms with Crippen molar-refractivity contribution in [2.24, 2.45) is 22.2 Å². The number of guanidine groups is 1. The van der Waals surface area contributed by atoms with Crippen LogP contribution >= 0.6 is 0 Å². The van der Waals surface area contributed by atoms with Gasteiger partial charge in [-0.3, -0.25) is 24.2 Å². The Kier molecular flexibility index (Phi) is 12.3. The van der Waals surface area contributed by atoms with Crippen LogP contribution in [-0.4, -0.2) is 86.5 Å². The van der Waals surface area contributed by atoms with Gasteiger partial charge in [-0.2, -0.15) is 0 Å². The Hall–Kier alpha value is -5.90. The van der Waals surface area contributed by atoms with E-state index in [1.54, 1.807) is 12.4 Å². The third-order valence-corrected chi connectivity index (χ3v) is 8.02. The first-order valence-electron chi connectivity index (χ1n) is 15.7. The summed E-state index contributed by atoms with van der Waals surface area (Å²) >= 11 is 0. The van der Waals surface area contributed by atoms with Gasteiger partial charge in [-0.25, -0.2) is 4.79 Å². The molecule has 49 heavy (non-hydrogen) atoms. The molecule has 0 saturated carbocycles. The predicted octanol–water partition coefficient (Wildman–Crippen LogP) is 0.219. The number of fused-ring (bicyclic) bond motifs is 2. The molecule has 0 aliphatic heterocycles. The number of nitrogens with two attached hydrogens (primary N) is 3. The molecule has 0 radical (unpaired) electrons. The molecular formula is C33H41N9O7. The highest BCUT2D eigenvalue weighted by Gasteiger charge is 2.31. The van der Waals surface area contributed by atoms with E-state index in [2.05, 4.69) is 30.9 Å². The third kappa shape index (κ3) is 10.0. The smallest absolute Gasteiger partial charge is 0.326 e. The van der Waals surface area contributed by atoms with Gasteiger partial charge in [-0.1, -0.05) is 36.4 Å². The molecule has 0 spiro atoms. The molecule has 0 fully saturated rings. The molecule has 13 N–H and O–H groups in total. The molecule has 260 valence electrons. The summed E-state index contributed by atoms with van der Waals surface area (Å²) in [7, 11) is 0. The second-order valence-corrected chi connectivity index (χ2v) is 11.6.